The lowest BCUT2D eigenvalue weighted by Crippen LogP contribution is -2.48. The predicted octanol–water partition coefficient (Wildman–Crippen LogP) is 3.72. The maximum atomic E-state index is 12.9. The molecule has 1 unspecified atom stereocenters. The fraction of sp³-hybridized carbons (Fsp3) is 0.286. The molecule has 0 aliphatic carbocycles. The van der Waals surface area contributed by atoms with Gasteiger partial charge in [0, 0.05) is 23.5 Å². The molecular formula is C21H23N3O4. The minimum Gasteiger partial charge on any atom is -0.480 e. The normalized spacial score (nSPS) is 16.3. The van der Waals surface area contributed by atoms with Crippen LogP contribution in [0, 0.1) is 6.92 Å². The van der Waals surface area contributed by atoms with Gasteiger partial charge in [0.1, 0.15) is 6.04 Å². The summed E-state index contributed by atoms with van der Waals surface area (Å²) in [5.41, 5.74) is 2.31. The van der Waals surface area contributed by atoms with E-state index in [1.54, 1.807) is 30.3 Å². The van der Waals surface area contributed by atoms with Gasteiger partial charge in [-0.15, -0.1) is 0 Å². The van der Waals surface area contributed by atoms with Gasteiger partial charge >= 0.3 is 12.0 Å². The summed E-state index contributed by atoms with van der Waals surface area (Å²) in [6, 6.07) is 12.8. The molecule has 3 amide bonds. The van der Waals surface area contributed by atoms with Crippen molar-refractivity contribution < 1.29 is 19.5 Å². The molecule has 146 valence electrons. The van der Waals surface area contributed by atoms with Crippen molar-refractivity contribution in [2.75, 3.05) is 17.2 Å². The first kappa shape index (κ1) is 19.4. The molecule has 7 nitrogen and oxygen atoms in total. The van der Waals surface area contributed by atoms with Crippen LogP contribution < -0.4 is 10.6 Å². The summed E-state index contributed by atoms with van der Waals surface area (Å²) in [5.74, 6) is -1.32. The van der Waals surface area contributed by atoms with Crippen LogP contribution in [0.5, 0.6) is 0 Å². The molecule has 3 rings (SSSR count). The summed E-state index contributed by atoms with van der Waals surface area (Å²) in [5, 5.41) is 14.9. The van der Waals surface area contributed by atoms with Crippen molar-refractivity contribution in [3.8, 4) is 0 Å². The smallest absolute Gasteiger partial charge is 0.326 e. The summed E-state index contributed by atoms with van der Waals surface area (Å²) in [6.07, 6.45) is 2.03. The molecule has 1 atom stereocenters. The highest BCUT2D eigenvalue weighted by Gasteiger charge is 2.32. The van der Waals surface area contributed by atoms with Gasteiger partial charge in [0.25, 0.3) is 5.91 Å². The maximum Gasteiger partial charge on any atom is 0.326 e. The van der Waals surface area contributed by atoms with Crippen molar-refractivity contribution in [1.82, 2.24) is 4.90 Å². The SMILES string of the molecule is Cc1ccc(C(=O)N2CCCCC2C(=O)O)cc1NC(=O)Nc1ccccc1. The Balaban J connectivity index is 1.76. The largest absolute Gasteiger partial charge is 0.480 e. The van der Waals surface area contributed by atoms with Crippen LogP contribution >= 0.6 is 0 Å². The average Bonchev–Trinajstić information content (AvgIpc) is 2.69. The highest BCUT2D eigenvalue weighted by Crippen LogP contribution is 2.23. The van der Waals surface area contributed by atoms with E-state index in [1.165, 1.54) is 4.90 Å². The fourth-order valence-corrected chi connectivity index (χ4v) is 3.29. The number of urea groups is 1. The zero-order valence-corrected chi connectivity index (χ0v) is 15.6. The predicted molar refractivity (Wildman–Crippen MR) is 107 cm³/mol. The third-order valence-electron chi connectivity index (χ3n) is 4.81. The maximum absolute atomic E-state index is 12.9. The Bertz CT molecular complexity index is 882. The van der Waals surface area contributed by atoms with E-state index in [4.69, 9.17) is 0 Å². The number of rotatable bonds is 4. The van der Waals surface area contributed by atoms with E-state index in [0.29, 0.717) is 29.9 Å². The van der Waals surface area contributed by atoms with E-state index in [-0.39, 0.29) is 5.91 Å². The molecule has 0 aromatic heterocycles. The van der Waals surface area contributed by atoms with Crippen LogP contribution in [0.2, 0.25) is 0 Å². The number of carbonyl (C=O) groups is 3. The molecular weight excluding hydrogens is 358 g/mol. The highest BCUT2D eigenvalue weighted by atomic mass is 16.4. The molecule has 1 fully saturated rings. The standard InChI is InChI=1S/C21H23N3O4/c1-14-10-11-15(19(25)24-12-6-5-9-18(24)20(26)27)13-17(14)23-21(28)22-16-7-3-2-4-8-16/h2-4,7-8,10-11,13,18H,5-6,9,12H2,1H3,(H,26,27)(H2,22,23,28). The molecule has 2 aromatic rings. The zero-order chi connectivity index (χ0) is 20.1. The first-order valence-electron chi connectivity index (χ1n) is 9.23. The Labute approximate surface area is 163 Å². The molecule has 7 heteroatoms. The van der Waals surface area contributed by atoms with Gasteiger partial charge in [0.15, 0.2) is 0 Å². The van der Waals surface area contributed by atoms with Gasteiger partial charge in [-0.3, -0.25) is 4.79 Å². The molecule has 1 aliphatic rings. The van der Waals surface area contributed by atoms with Crippen LogP contribution in [-0.4, -0.2) is 40.5 Å². The lowest BCUT2D eigenvalue weighted by atomic mass is 10.0. The Hall–Kier alpha value is -3.35. The van der Waals surface area contributed by atoms with E-state index in [0.717, 1.165) is 18.4 Å². The van der Waals surface area contributed by atoms with Gasteiger partial charge in [-0.2, -0.15) is 0 Å². The number of hydrogen-bond acceptors (Lipinski definition) is 3. The van der Waals surface area contributed by atoms with E-state index in [1.807, 2.05) is 25.1 Å². The molecule has 1 saturated heterocycles. The topological polar surface area (TPSA) is 98.7 Å². The first-order chi connectivity index (χ1) is 13.5. The van der Waals surface area contributed by atoms with Gasteiger partial charge in [-0.25, -0.2) is 9.59 Å². The highest BCUT2D eigenvalue weighted by molar-refractivity contribution is 6.02. The monoisotopic (exact) mass is 381 g/mol. The van der Waals surface area contributed by atoms with Crippen molar-refractivity contribution in [3.63, 3.8) is 0 Å². The molecule has 3 N–H and O–H groups in total. The lowest BCUT2D eigenvalue weighted by Gasteiger charge is -2.33. The first-order valence-corrected chi connectivity index (χ1v) is 9.23. The number of carboxylic acids is 1. The van der Waals surface area contributed by atoms with Crippen molar-refractivity contribution in [1.29, 1.82) is 0 Å². The van der Waals surface area contributed by atoms with Gasteiger partial charge < -0.3 is 20.6 Å². The van der Waals surface area contributed by atoms with Gasteiger partial charge in [-0.1, -0.05) is 24.3 Å². The molecule has 0 saturated carbocycles. The second kappa shape index (κ2) is 8.56. The number of para-hydroxylation sites is 1. The summed E-state index contributed by atoms with van der Waals surface area (Å²) in [4.78, 5) is 38.0. The molecule has 0 bridgehead atoms. The zero-order valence-electron chi connectivity index (χ0n) is 15.6. The third kappa shape index (κ3) is 4.49. The molecule has 2 aromatic carbocycles. The lowest BCUT2D eigenvalue weighted by molar-refractivity contribution is -0.143. The second-order valence-electron chi connectivity index (χ2n) is 6.82. The van der Waals surface area contributed by atoms with Crippen LogP contribution in [0.1, 0.15) is 35.2 Å². The van der Waals surface area contributed by atoms with Gasteiger partial charge in [0.2, 0.25) is 0 Å². The van der Waals surface area contributed by atoms with Crippen LogP contribution in [0.15, 0.2) is 48.5 Å². The third-order valence-corrected chi connectivity index (χ3v) is 4.81. The summed E-state index contributed by atoms with van der Waals surface area (Å²) in [6.45, 7) is 2.24. The number of amides is 3. The summed E-state index contributed by atoms with van der Waals surface area (Å²) in [7, 11) is 0. The Morgan fingerprint density at radius 3 is 2.50 bits per heavy atom. The minimum absolute atomic E-state index is 0.335. The molecule has 28 heavy (non-hydrogen) atoms. The number of hydrogen-bond donors (Lipinski definition) is 3. The molecule has 0 radical (unpaired) electrons. The van der Waals surface area contributed by atoms with Crippen molar-refractivity contribution in [3.05, 3.63) is 59.7 Å². The number of nitrogens with zero attached hydrogens (tertiary/aromatic N) is 1. The van der Waals surface area contributed by atoms with Gasteiger partial charge in [0.05, 0.1) is 0 Å². The number of piperidine rings is 1. The van der Waals surface area contributed by atoms with E-state index < -0.39 is 18.0 Å². The Kier molecular flexibility index (Phi) is 5.93. The Morgan fingerprint density at radius 2 is 1.79 bits per heavy atom. The summed E-state index contributed by atoms with van der Waals surface area (Å²) >= 11 is 0. The van der Waals surface area contributed by atoms with Crippen molar-refractivity contribution in [2.24, 2.45) is 0 Å². The van der Waals surface area contributed by atoms with Crippen LogP contribution in [0.4, 0.5) is 16.2 Å². The van der Waals surface area contributed by atoms with Gasteiger partial charge in [-0.05, 0) is 56.0 Å². The minimum atomic E-state index is -0.985. The van der Waals surface area contributed by atoms with Crippen LogP contribution in [-0.2, 0) is 4.79 Å². The number of aryl methyl sites for hydroxylation is 1. The molecule has 1 heterocycles. The van der Waals surface area contributed by atoms with E-state index >= 15 is 0 Å². The van der Waals surface area contributed by atoms with E-state index in [2.05, 4.69) is 10.6 Å². The number of nitrogens with one attached hydrogen (secondary N) is 2. The van der Waals surface area contributed by atoms with Crippen LogP contribution in [0.3, 0.4) is 0 Å². The second-order valence-corrected chi connectivity index (χ2v) is 6.82. The number of carbonyl (C=O) groups excluding carboxylic acids is 2. The summed E-state index contributed by atoms with van der Waals surface area (Å²) < 4.78 is 0. The number of anilines is 2. The van der Waals surface area contributed by atoms with E-state index in [9.17, 15) is 19.5 Å². The number of benzene rings is 2. The molecule has 0 spiro atoms. The Morgan fingerprint density at radius 1 is 1.04 bits per heavy atom. The van der Waals surface area contributed by atoms with Crippen molar-refractivity contribution >= 4 is 29.3 Å². The average molecular weight is 381 g/mol. The quantitative estimate of drug-likeness (QED) is 0.752. The molecule has 1 aliphatic heterocycles. The number of likely N-dealkylation sites (tertiary alicyclic amines) is 1. The number of carboxylic acid groups (broad SMARTS) is 1. The van der Waals surface area contributed by atoms with Crippen LogP contribution in [0.25, 0.3) is 0 Å². The van der Waals surface area contributed by atoms with Crippen molar-refractivity contribution in [2.45, 2.75) is 32.2 Å². The fourth-order valence-electron chi connectivity index (χ4n) is 3.29. The number of aliphatic carboxylic acids is 1.